The fourth-order valence-electron chi connectivity index (χ4n) is 4.51. The van der Waals surface area contributed by atoms with Gasteiger partial charge in [0.25, 0.3) is 0 Å². The molecular weight excluding hydrogens is 450 g/mol. The van der Waals surface area contributed by atoms with Crippen molar-refractivity contribution >= 4 is 23.3 Å². The molecule has 188 valence electrons. The lowest BCUT2D eigenvalue weighted by Gasteiger charge is -2.39. The van der Waals surface area contributed by atoms with Crippen LogP contribution in [-0.4, -0.2) is 54.4 Å². The van der Waals surface area contributed by atoms with Crippen molar-refractivity contribution in [2.24, 2.45) is 0 Å². The van der Waals surface area contributed by atoms with E-state index in [2.05, 4.69) is 60.7 Å². The number of aryl methyl sites for hydroxylation is 1. The van der Waals surface area contributed by atoms with E-state index in [9.17, 15) is 9.59 Å². The smallest absolute Gasteiger partial charge is 0.247 e. The molecule has 3 atom stereocenters. The molecular formula is C29H35N5O2. The number of rotatable bonds is 8. The SMILES string of the molecule is Cc1ccc([C@H](C)CN[C@@H](C(=O)Nc2ccc(N3CC(=O)N(C)CC3C)cn2)c2ccccc2)cc1. The first-order valence-electron chi connectivity index (χ1n) is 12.4. The minimum absolute atomic E-state index is 0.0853. The Morgan fingerprint density at radius 2 is 1.78 bits per heavy atom. The summed E-state index contributed by atoms with van der Waals surface area (Å²) in [7, 11) is 1.83. The Labute approximate surface area is 213 Å². The third kappa shape index (κ3) is 6.10. The number of anilines is 2. The van der Waals surface area contributed by atoms with Crippen LogP contribution in [0.1, 0.15) is 42.5 Å². The fourth-order valence-corrected chi connectivity index (χ4v) is 4.51. The molecule has 1 fully saturated rings. The van der Waals surface area contributed by atoms with Gasteiger partial charge in [-0.25, -0.2) is 4.98 Å². The summed E-state index contributed by atoms with van der Waals surface area (Å²) in [6.07, 6.45) is 1.72. The lowest BCUT2D eigenvalue weighted by molar-refractivity contribution is -0.130. The number of nitrogens with zero attached hydrogens (tertiary/aromatic N) is 3. The minimum Gasteiger partial charge on any atom is -0.356 e. The van der Waals surface area contributed by atoms with E-state index >= 15 is 0 Å². The first-order chi connectivity index (χ1) is 17.3. The summed E-state index contributed by atoms with van der Waals surface area (Å²) in [4.78, 5) is 33.8. The molecule has 0 radical (unpaired) electrons. The quantitative estimate of drug-likeness (QED) is 0.502. The lowest BCUT2D eigenvalue weighted by atomic mass is 9.98. The first-order valence-corrected chi connectivity index (χ1v) is 12.4. The van der Waals surface area contributed by atoms with E-state index in [0.29, 0.717) is 25.5 Å². The Balaban J connectivity index is 1.44. The minimum atomic E-state index is -0.518. The number of pyridine rings is 1. The third-order valence-corrected chi connectivity index (χ3v) is 6.80. The van der Waals surface area contributed by atoms with Crippen LogP contribution in [0.25, 0.3) is 0 Å². The number of benzene rings is 2. The largest absolute Gasteiger partial charge is 0.356 e. The number of piperazine rings is 1. The van der Waals surface area contributed by atoms with E-state index in [4.69, 9.17) is 0 Å². The van der Waals surface area contributed by atoms with Crippen molar-refractivity contribution < 1.29 is 9.59 Å². The first kappa shape index (κ1) is 25.4. The molecule has 1 aliphatic rings. The highest BCUT2D eigenvalue weighted by molar-refractivity contribution is 5.95. The van der Waals surface area contributed by atoms with E-state index in [1.165, 1.54) is 11.1 Å². The number of carbonyl (C=O) groups excluding carboxylic acids is 2. The van der Waals surface area contributed by atoms with Gasteiger partial charge in [0.05, 0.1) is 18.4 Å². The topological polar surface area (TPSA) is 77.6 Å². The normalized spacial score (nSPS) is 17.6. The van der Waals surface area contributed by atoms with E-state index in [0.717, 1.165) is 11.3 Å². The van der Waals surface area contributed by atoms with Gasteiger partial charge in [0.2, 0.25) is 11.8 Å². The van der Waals surface area contributed by atoms with Crippen molar-refractivity contribution in [3.63, 3.8) is 0 Å². The van der Waals surface area contributed by atoms with Crippen LogP contribution in [0, 0.1) is 6.92 Å². The zero-order valence-corrected chi connectivity index (χ0v) is 21.4. The monoisotopic (exact) mass is 485 g/mol. The Morgan fingerprint density at radius 3 is 2.44 bits per heavy atom. The van der Waals surface area contributed by atoms with Crippen molar-refractivity contribution in [3.8, 4) is 0 Å². The molecule has 0 aliphatic carbocycles. The van der Waals surface area contributed by atoms with E-state index in [1.54, 1.807) is 17.2 Å². The Hall–Kier alpha value is -3.71. The van der Waals surface area contributed by atoms with Crippen molar-refractivity contribution in [3.05, 3.63) is 89.6 Å². The van der Waals surface area contributed by atoms with Crippen LogP contribution >= 0.6 is 0 Å². The number of aromatic nitrogens is 1. The number of carbonyl (C=O) groups is 2. The molecule has 0 saturated carbocycles. The second-order valence-electron chi connectivity index (χ2n) is 9.71. The summed E-state index contributed by atoms with van der Waals surface area (Å²) < 4.78 is 0. The summed E-state index contributed by atoms with van der Waals surface area (Å²) >= 11 is 0. The van der Waals surface area contributed by atoms with Crippen LogP contribution in [0.3, 0.4) is 0 Å². The van der Waals surface area contributed by atoms with Crippen LogP contribution in [0.4, 0.5) is 11.5 Å². The molecule has 0 bridgehead atoms. The molecule has 2 aromatic carbocycles. The number of likely N-dealkylation sites (N-methyl/N-ethyl adjacent to an activating group) is 1. The highest BCUT2D eigenvalue weighted by Crippen LogP contribution is 2.23. The second kappa shape index (κ2) is 11.4. The van der Waals surface area contributed by atoms with Crippen LogP contribution in [0.2, 0.25) is 0 Å². The van der Waals surface area contributed by atoms with Crippen molar-refractivity contribution in [1.29, 1.82) is 0 Å². The van der Waals surface area contributed by atoms with Gasteiger partial charge in [0, 0.05) is 26.2 Å². The molecule has 2 N–H and O–H groups in total. The molecule has 1 aliphatic heterocycles. The zero-order valence-electron chi connectivity index (χ0n) is 21.4. The average molecular weight is 486 g/mol. The van der Waals surface area contributed by atoms with Gasteiger partial charge in [-0.1, -0.05) is 67.1 Å². The van der Waals surface area contributed by atoms with E-state index in [1.807, 2.05) is 48.3 Å². The van der Waals surface area contributed by atoms with Gasteiger partial charge in [-0.2, -0.15) is 0 Å². The molecule has 7 heteroatoms. The summed E-state index contributed by atoms with van der Waals surface area (Å²) in [6, 6.07) is 21.6. The van der Waals surface area contributed by atoms with Gasteiger partial charge in [-0.05, 0) is 43.0 Å². The molecule has 0 spiro atoms. The second-order valence-corrected chi connectivity index (χ2v) is 9.71. The van der Waals surface area contributed by atoms with Crippen molar-refractivity contribution in [1.82, 2.24) is 15.2 Å². The standard InChI is InChI=1S/C29H35N5O2/c1-20-10-12-23(13-11-20)21(2)16-31-28(24-8-6-5-7-9-24)29(36)32-26-15-14-25(17-30-26)34-19-27(35)33(4)18-22(34)3/h5-15,17,21-22,28,31H,16,18-19H2,1-4H3,(H,30,32,36)/t21-,22?,28-/m1/s1. The number of amides is 2. The molecule has 36 heavy (non-hydrogen) atoms. The maximum Gasteiger partial charge on any atom is 0.247 e. The molecule has 7 nitrogen and oxygen atoms in total. The Morgan fingerprint density at radius 1 is 1.06 bits per heavy atom. The molecule has 2 amide bonds. The predicted octanol–water partition coefficient (Wildman–Crippen LogP) is 4.13. The maximum atomic E-state index is 13.4. The maximum absolute atomic E-state index is 13.4. The van der Waals surface area contributed by atoms with Gasteiger partial charge in [0.1, 0.15) is 11.9 Å². The highest BCUT2D eigenvalue weighted by Gasteiger charge is 2.27. The lowest BCUT2D eigenvalue weighted by Crippen LogP contribution is -2.53. The molecule has 1 saturated heterocycles. The summed E-state index contributed by atoms with van der Waals surface area (Å²) in [6.45, 7) is 7.97. The molecule has 4 rings (SSSR count). The Kier molecular flexibility index (Phi) is 8.00. The molecule has 1 aromatic heterocycles. The van der Waals surface area contributed by atoms with E-state index in [-0.39, 0.29) is 23.8 Å². The molecule has 2 heterocycles. The van der Waals surface area contributed by atoms with Gasteiger partial charge < -0.3 is 20.4 Å². The fraction of sp³-hybridized carbons (Fsp3) is 0.345. The van der Waals surface area contributed by atoms with Gasteiger partial charge in [0.15, 0.2) is 0 Å². The van der Waals surface area contributed by atoms with Crippen LogP contribution in [0.15, 0.2) is 72.9 Å². The molecule has 3 aromatic rings. The van der Waals surface area contributed by atoms with E-state index < -0.39 is 6.04 Å². The van der Waals surface area contributed by atoms with Crippen LogP contribution < -0.4 is 15.5 Å². The summed E-state index contributed by atoms with van der Waals surface area (Å²) in [5.41, 5.74) is 4.22. The van der Waals surface area contributed by atoms with Crippen LogP contribution in [-0.2, 0) is 9.59 Å². The van der Waals surface area contributed by atoms with Crippen molar-refractivity contribution in [2.75, 3.05) is 36.9 Å². The zero-order chi connectivity index (χ0) is 25.7. The summed E-state index contributed by atoms with van der Waals surface area (Å²) in [5.74, 6) is 0.643. The molecule has 1 unspecified atom stereocenters. The van der Waals surface area contributed by atoms with Crippen molar-refractivity contribution in [2.45, 2.75) is 38.8 Å². The third-order valence-electron chi connectivity index (χ3n) is 6.80. The Bertz CT molecular complexity index is 1160. The van der Waals surface area contributed by atoms with Gasteiger partial charge in [-0.3, -0.25) is 9.59 Å². The highest BCUT2D eigenvalue weighted by atomic mass is 16.2. The number of hydrogen-bond donors (Lipinski definition) is 2. The van der Waals surface area contributed by atoms with Crippen LogP contribution in [0.5, 0.6) is 0 Å². The number of nitrogens with one attached hydrogen (secondary N) is 2. The predicted molar refractivity (Wildman–Crippen MR) is 144 cm³/mol. The summed E-state index contributed by atoms with van der Waals surface area (Å²) in [5, 5.41) is 6.42. The van der Waals surface area contributed by atoms with Gasteiger partial charge >= 0.3 is 0 Å². The number of hydrogen-bond acceptors (Lipinski definition) is 5. The van der Waals surface area contributed by atoms with Gasteiger partial charge in [-0.15, -0.1) is 0 Å². The average Bonchev–Trinajstić information content (AvgIpc) is 2.88.